The molecule has 0 saturated heterocycles. The van der Waals surface area contributed by atoms with Gasteiger partial charge in [0.05, 0.1) is 21.6 Å². The topological polar surface area (TPSA) is 93.1 Å². The molecule has 1 aromatic carbocycles. The smallest absolute Gasteiger partial charge is 0.266 e. The molecule has 0 aliphatic carbocycles. The molecule has 0 bridgehead atoms. The molecule has 10 heteroatoms. The molecule has 0 aliphatic heterocycles. The number of hydrogen-bond donors (Lipinski definition) is 2. The molecule has 7 nitrogen and oxygen atoms in total. The minimum absolute atomic E-state index is 0.109. The maximum Gasteiger partial charge on any atom is 0.266 e. The van der Waals surface area contributed by atoms with Crippen LogP contribution in [0.2, 0.25) is 5.02 Å². The Kier molecular flexibility index (Phi) is 6.29. The maximum atomic E-state index is 13.3. The molecular weight excluding hydrogens is 419 g/mol. The largest absolute Gasteiger partial charge is 0.355 e. The van der Waals surface area contributed by atoms with E-state index in [1.807, 2.05) is 6.92 Å². The van der Waals surface area contributed by atoms with E-state index in [-0.39, 0.29) is 23.0 Å². The fourth-order valence-electron chi connectivity index (χ4n) is 2.73. The minimum atomic E-state index is -0.588. The second kappa shape index (κ2) is 8.71. The third kappa shape index (κ3) is 4.46. The Morgan fingerprint density at radius 1 is 1.34 bits per heavy atom. The van der Waals surface area contributed by atoms with Gasteiger partial charge in [0.2, 0.25) is 5.91 Å². The first-order valence-corrected chi connectivity index (χ1v) is 10.0. The van der Waals surface area contributed by atoms with Crippen molar-refractivity contribution in [3.63, 3.8) is 0 Å². The predicted octanol–water partition coefficient (Wildman–Crippen LogP) is 3.34. The fraction of sp³-hybridized carbons (Fsp3) is 0.263. The van der Waals surface area contributed by atoms with Crippen LogP contribution in [0, 0.1) is 12.7 Å². The third-order valence-corrected chi connectivity index (χ3v) is 5.68. The van der Waals surface area contributed by atoms with Crippen molar-refractivity contribution in [1.82, 2.24) is 14.9 Å². The lowest BCUT2D eigenvalue weighted by Gasteiger charge is -2.06. The average Bonchev–Trinajstić information content (AvgIpc) is 3.02. The van der Waals surface area contributed by atoms with Crippen molar-refractivity contribution in [2.45, 2.75) is 26.8 Å². The number of aryl methyl sites for hydroxylation is 1. The summed E-state index contributed by atoms with van der Waals surface area (Å²) in [6.45, 7) is 3.96. The van der Waals surface area contributed by atoms with Crippen molar-refractivity contribution >= 4 is 50.7 Å². The number of halogens is 2. The van der Waals surface area contributed by atoms with E-state index in [2.05, 4.69) is 15.6 Å². The van der Waals surface area contributed by atoms with E-state index >= 15 is 0 Å². The Hall–Kier alpha value is -2.78. The Bertz CT molecular complexity index is 1160. The Morgan fingerprint density at radius 2 is 2.10 bits per heavy atom. The molecule has 0 radical (unpaired) electrons. The van der Waals surface area contributed by atoms with Crippen molar-refractivity contribution < 1.29 is 14.0 Å². The monoisotopic (exact) mass is 436 g/mol. The number of benzene rings is 1. The Labute approximate surface area is 174 Å². The highest BCUT2D eigenvalue weighted by atomic mass is 35.5. The van der Waals surface area contributed by atoms with Gasteiger partial charge in [-0.1, -0.05) is 18.5 Å². The number of thiophene rings is 1. The van der Waals surface area contributed by atoms with Crippen LogP contribution in [0.5, 0.6) is 0 Å². The van der Waals surface area contributed by atoms with Crippen molar-refractivity contribution in [3.05, 3.63) is 56.2 Å². The van der Waals surface area contributed by atoms with Gasteiger partial charge in [0.25, 0.3) is 11.5 Å². The lowest BCUT2D eigenvalue weighted by molar-refractivity contribution is -0.121. The van der Waals surface area contributed by atoms with Crippen molar-refractivity contribution in [3.8, 4) is 0 Å². The first kappa shape index (κ1) is 20.9. The first-order valence-electron chi connectivity index (χ1n) is 8.83. The zero-order chi connectivity index (χ0) is 21.1. The summed E-state index contributed by atoms with van der Waals surface area (Å²) in [6, 6.07) is 3.85. The van der Waals surface area contributed by atoms with E-state index in [1.54, 1.807) is 6.92 Å². The molecule has 0 aliphatic rings. The van der Waals surface area contributed by atoms with Gasteiger partial charge in [-0.3, -0.25) is 19.0 Å². The molecule has 2 heterocycles. The highest BCUT2D eigenvalue weighted by Crippen LogP contribution is 2.28. The lowest BCUT2D eigenvalue weighted by atomic mass is 10.2. The quantitative estimate of drug-likeness (QED) is 0.619. The van der Waals surface area contributed by atoms with E-state index in [4.69, 9.17) is 11.6 Å². The van der Waals surface area contributed by atoms with Gasteiger partial charge in [-0.25, -0.2) is 9.37 Å². The highest BCUT2D eigenvalue weighted by Gasteiger charge is 2.20. The third-order valence-electron chi connectivity index (χ3n) is 4.19. The molecule has 0 saturated carbocycles. The van der Waals surface area contributed by atoms with Gasteiger partial charge in [-0.2, -0.15) is 0 Å². The number of hydrogen-bond acceptors (Lipinski definition) is 5. The summed E-state index contributed by atoms with van der Waals surface area (Å²) in [5.41, 5.74) is 0.409. The van der Waals surface area contributed by atoms with Gasteiger partial charge in [-0.15, -0.1) is 11.3 Å². The minimum Gasteiger partial charge on any atom is -0.355 e. The first-order chi connectivity index (χ1) is 13.8. The van der Waals surface area contributed by atoms with Gasteiger partial charge in [0, 0.05) is 12.2 Å². The molecule has 29 heavy (non-hydrogen) atoms. The molecule has 0 spiro atoms. The molecule has 0 unspecified atom stereocenters. The molecule has 0 atom stereocenters. The second-order valence-corrected chi connectivity index (χ2v) is 7.75. The fourth-order valence-corrected chi connectivity index (χ4v) is 3.94. The number of rotatable bonds is 6. The molecule has 2 amide bonds. The molecule has 0 fully saturated rings. The normalized spacial score (nSPS) is 10.9. The summed E-state index contributed by atoms with van der Waals surface area (Å²) >= 11 is 6.81. The van der Waals surface area contributed by atoms with Crippen molar-refractivity contribution in [2.24, 2.45) is 0 Å². The van der Waals surface area contributed by atoms with Gasteiger partial charge in [0.15, 0.2) is 0 Å². The summed E-state index contributed by atoms with van der Waals surface area (Å²) in [5.74, 6) is -1.33. The van der Waals surface area contributed by atoms with E-state index in [0.717, 1.165) is 23.8 Å². The van der Waals surface area contributed by atoms with Crippen molar-refractivity contribution in [2.75, 3.05) is 11.9 Å². The summed E-state index contributed by atoms with van der Waals surface area (Å²) in [6.07, 6.45) is 2.09. The van der Waals surface area contributed by atoms with E-state index in [0.29, 0.717) is 32.9 Å². The van der Waals surface area contributed by atoms with E-state index < -0.39 is 11.7 Å². The summed E-state index contributed by atoms with van der Waals surface area (Å²) < 4.78 is 14.5. The molecular formula is C19H18ClFN4O3S. The van der Waals surface area contributed by atoms with Gasteiger partial charge in [0.1, 0.15) is 17.2 Å². The lowest BCUT2D eigenvalue weighted by Crippen LogP contribution is -2.32. The van der Waals surface area contributed by atoms with Crippen LogP contribution in [0.3, 0.4) is 0 Å². The molecule has 152 valence electrons. The van der Waals surface area contributed by atoms with Gasteiger partial charge >= 0.3 is 0 Å². The molecule has 3 rings (SSSR count). The number of nitrogens with zero attached hydrogens (tertiary/aromatic N) is 2. The average molecular weight is 437 g/mol. The van der Waals surface area contributed by atoms with Crippen LogP contribution >= 0.6 is 22.9 Å². The Morgan fingerprint density at radius 3 is 2.79 bits per heavy atom. The van der Waals surface area contributed by atoms with Gasteiger partial charge < -0.3 is 10.6 Å². The Balaban J connectivity index is 1.90. The number of fused-ring (bicyclic) bond motifs is 1. The number of nitrogens with one attached hydrogen (secondary N) is 2. The number of aromatic nitrogens is 2. The van der Waals surface area contributed by atoms with Crippen LogP contribution in [0.15, 0.2) is 29.3 Å². The van der Waals surface area contributed by atoms with Crippen LogP contribution < -0.4 is 16.2 Å². The second-order valence-electron chi connectivity index (χ2n) is 6.35. The SMILES string of the molecule is CCCNC(=O)Cn1cnc2sc(C(=O)Nc3ccc(F)c(Cl)c3)c(C)c2c1=O. The van der Waals surface area contributed by atoms with Crippen LogP contribution in [0.1, 0.15) is 28.6 Å². The number of carbonyl (C=O) groups excluding carboxylic acids is 2. The summed E-state index contributed by atoms with van der Waals surface area (Å²) in [7, 11) is 0. The van der Waals surface area contributed by atoms with Crippen LogP contribution in [-0.2, 0) is 11.3 Å². The van der Waals surface area contributed by atoms with Crippen LogP contribution in [0.25, 0.3) is 10.2 Å². The van der Waals surface area contributed by atoms with E-state index in [9.17, 15) is 18.8 Å². The molecule has 3 aromatic rings. The summed E-state index contributed by atoms with van der Waals surface area (Å²) in [4.78, 5) is 42.3. The van der Waals surface area contributed by atoms with Crippen LogP contribution in [-0.4, -0.2) is 27.9 Å². The molecule has 2 aromatic heterocycles. The zero-order valence-corrected chi connectivity index (χ0v) is 17.3. The zero-order valence-electron chi connectivity index (χ0n) is 15.7. The number of amides is 2. The van der Waals surface area contributed by atoms with Crippen LogP contribution in [0.4, 0.5) is 10.1 Å². The standard InChI is InChI=1S/C19H18ClFN4O3S/c1-3-6-22-14(26)8-25-9-23-18-15(19(25)28)10(2)16(29-18)17(27)24-11-4-5-13(21)12(20)7-11/h4-5,7,9H,3,6,8H2,1-2H3,(H,22,26)(H,24,27). The summed E-state index contributed by atoms with van der Waals surface area (Å²) in [5, 5.41) is 5.53. The van der Waals surface area contributed by atoms with E-state index in [1.165, 1.54) is 23.0 Å². The maximum absolute atomic E-state index is 13.3. The van der Waals surface area contributed by atoms with Gasteiger partial charge in [-0.05, 0) is 37.1 Å². The van der Waals surface area contributed by atoms with Crippen molar-refractivity contribution in [1.29, 1.82) is 0 Å². The number of anilines is 1. The number of carbonyl (C=O) groups is 2. The molecule has 2 N–H and O–H groups in total. The highest BCUT2D eigenvalue weighted by molar-refractivity contribution is 7.20. The predicted molar refractivity (Wildman–Crippen MR) is 111 cm³/mol.